The Morgan fingerprint density at radius 2 is 1.93 bits per heavy atom. The van der Waals surface area contributed by atoms with Gasteiger partial charge in [-0.1, -0.05) is 24.7 Å². The fourth-order valence-electron chi connectivity index (χ4n) is 2.66. The predicted octanol–water partition coefficient (Wildman–Crippen LogP) is 2.88. The molecule has 0 spiro atoms. The smallest absolute Gasteiger partial charge is 0.253 e. The van der Waals surface area contributed by atoms with Gasteiger partial charge in [0.05, 0.1) is 11.3 Å². The van der Waals surface area contributed by atoms with Gasteiger partial charge in [0.1, 0.15) is 18.0 Å². The van der Waals surface area contributed by atoms with Crippen molar-refractivity contribution in [2.75, 3.05) is 23.4 Å². The van der Waals surface area contributed by atoms with Gasteiger partial charge >= 0.3 is 0 Å². The molecule has 0 atom stereocenters. The second kappa shape index (κ2) is 9.71. The molecule has 139 valence electrons. The number of aryl methyl sites for hydroxylation is 1. The predicted molar refractivity (Wildman–Crippen MR) is 106 cm³/mol. The molecule has 0 aliphatic rings. The maximum Gasteiger partial charge on any atom is 0.253 e. The van der Waals surface area contributed by atoms with Crippen molar-refractivity contribution in [1.82, 2.24) is 9.97 Å². The van der Waals surface area contributed by atoms with Gasteiger partial charge in [-0.15, -0.1) is 12.1 Å². The second-order valence-corrected chi connectivity index (χ2v) is 5.90. The number of hydrogen-bond donors (Lipinski definition) is 4. The molecule has 0 aliphatic heterocycles. The fourth-order valence-corrected chi connectivity index (χ4v) is 2.66. The first-order valence-electron chi connectivity index (χ1n) is 8.27. The average Bonchev–Trinajstić information content (AvgIpc) is 2.67. The summed E-state index contributed by atoms with van der Waals surface area (Å²) in [7, 11) is 1.70. The van der Waals surface area contributed by atoms with E-state index in [2.05, 4.69) is 26.7 Å². The molecule has 7 nitrogen and oxygen atoms in total. The number of nitrogen functional groups attached to an aromatic ring is 1. The minimum Gasteiger partial charge on any atom is -0.383 e. The Hall–Kier alpha value is -2.38. The number of nitrogens with zero attached hydrogens (tertiary/aromatic N) is 2. The Kier molecular flexibility index (Phi) is 7.60. The molecule has 0 aliphatic carbocycles. The molecule has 1 amide bonds. The van der Waals surface area contributed by atoms with Crippen molar-refractivity contribution in [1.29, 1.82) is 5.41 Å². The van der Waals surface area contributed by atoms with E-state index < -0.39 is 0 Å². The Morgan fingerprint density at radius 1 is 1.18 bits per heavy atom. The van der Waals surface area contributed by atoms with Crippen molar-refractivity contribution in [3.8, 4) is 0 Å². The van der Waals surface area contributed by atoms with Crippen LogP contribution in [0.25, 0.3) is 0 Å². The summed E-state index contributed by atoms with van der Waals surface area (Å²) in [6, 6.07) is 15.2. The number of amides is 1. The van der Waals surface area contributed by atoms with Crippen molar-refractivity contribution in [2.45, 2.75) is 6.92 Å². The van der Waals surface area contributed by atoms with Gasteiger partial charge in [-0.05, 0) is 12.1 Å². The van der Waals surface area contributed by atoms with E-state index in [-0.39, 0.29) is 58.7 Å². The molecule has 2 aromatic carbocycles. The maximum absolute atomic E-state index is 12.6. The first-order valence-corrected chi connectivity index (χ1v) is 8.27. The third-order valence-corrected chi connectivity index (χ3v) is 3.98. The number of carbonyl (C=O) groups excluding carboxylic acids is 1. The standard InChI is InChI=1S/C20H19N6O.Pr/c1-12-5-3-8-15(9-12)26-20(27)14-7-4-6-13(10-14)17(21)16-18(22)24-11-25-19(16)23-2;/h3-4,6-11,21H,1-2H3,(H,26,27)(H3,22,23,24,25);/q-1;. The first kappa shape index (κ1) is 21.9. The Balaban J connectivity index is 0.00000280. The number of hydrogen-bond acceptors (Lipinski definition) is 6. The summed E-state index contributed by atoms with van der Waals surface area (Å²) in [6.07, 6.45) is 1.33. The number of nitrogens with one attached hydrogen (secondary N) is 3. The summed E-state index contributed by atoms with van der Waals surface area (Å²) in [4.78, 5) is 20.6. The van der Waals surface area contributed by atoms with Crippen LogP contribution in [0.1, 0.15) is 27.0 Å². The minimum absolute atomic E-state index is 0. The quantitative estimate of drug-likeness (QED) is 0.318. The van der Waals surface area contributed by atoms with Crippen LogP contribution in [0, 0.1) is 59.7 Å². The molecule has 0 saturated carbocycles. The van der Waals surface area contributed by atoms with E-state index in [1.807, 2.05) is 13.0 Å². The third-order valence-electron chi connectivity index (χ3n) is 3.98. The van der Waals surface area contributed by atoms with Crippen molar-refractivity contribution in [2.24, 2.45) is 0 Å². The molecule has 3 aromatic rings. The second-order valence-electron chi connectivity index (χ2n) is 5.90. The van der Waals surface area contributed by atoms with E-state index in [0.29, 0.717) is 28.2 Å². The molecule has 3 rings (SSSR count). The first-order chi connectivity index (χ1) is 13.0. The summed E-state index contributed by atoms with van der Waals surface area (Å²) in [5.74, 6) is 0.393. The van der Waals surface area contributed by atoms with Gasteiger partial charge < -0.3 is 16.4 Å². The molecule has 0 fully saturated rings. The summed E-state index contributed by atoms with van der Waals surface area (Å²) in [5.41, 5.74) is 9.06. The van der Waals surface area contributed by atoms with Gasteiger partial charge in [-0.3, -0.25) is 10.2 Å². The number of carbonyl (C=O) groups is 1. The molecular weight excluding hydrogens is 481 g/mol. The zero-order valence-electron chi connectivity index (χ0n) is 15.6. The van der Waals surface area contributed by atoms with Crippen LogP contribution in [0.4, 0.5) is 17.3 Å². The molecule has 1 heterocycles. The van der Waals surface area contributed by atoms with Crippen LogP contribution in [-0.4, -0.2) is 28.6 Å². The van der Waals surface area contributed by atoms with Gasteiger partial charge in [0, 0.05) is 59.5 Å². The molecule has 28 heavy (non-hydrogen) atoms. The van der Waals surface area contributed by atoms with E-state index >= 15 is 0 Å². The van der Waals surface area contributed by atoms with Gasteiger partial charge in [0.25, 0.3) is 5.91 Å². The number of aromatic nitrogens is 2. The fraction of sp³-hybridized carbons (Fsp3) is 0.100. The summed E-state index contributed by atoms with van der Waals surface area (Å²) < 4.78 is 0. The van der Waals surface area contributed by atoms with Gasteiger partial charge in [0.2, 0.25) is 0 Å². The number of rotatable bonds is 5. The number of nitrogens with two attached hydrogens (primary N) is 1. The van der Waals surface area contributed by atoms with Crippen molar-refractivity contribution >= 4 is 28.9 Å². The van der Waals surface area contributed by atoms with Gasteiger partial charge in [-0.25, -0.2) is 9.97 Å². The SMILES string of the molecule is CNc1ncnc(N)c1C(=N)c1cccc(C(=O)Nc2cc[c-]c(C)c2)c1.[Pr]. The largest absolute Gasteiger partial charge is 0.383 e. The third kappa shape index (κ3) is 4.91. The van der Waals surface area contributed by atoms with E-state index in [0.717, 1.165) is 5.56 Å². The van der Waals surface area contributed by atoms with Crippen LogP contribution in [-0.2, 0) is 0 Å². The van der Waals surface area contributed by atoms with E-state index in [4.69, 9.17) is 11.1 Å². The summed E-state index contributed by atoms with van der Waals surface area (Å²) >= 11 is 0. The van der Waals surface area contributed by atoms with Gasteiger partial charge in [-0.2, -0.15) is 17.7 Å². The Labute approximate surface area is 196 Å². The molecule has 5 N–H and O–H groups in total. The van der Waals surface area contributed by atoms with Crippen LogP contribution in [0.2, 0.25) is 0 Å². The molecule has 0 bridgehead atoms. The van der Waals surface area contributed by atoms with Crippen molar-refractivity contribution < 1.29 is 46.1 Å². The van der Waals surface area contributed by atoms with Crippen LogP contribution in [0.15, 0.2) is 48.8 Å². The normalized spacial score (nSPS) is 9.93. The zero-order chi connectivity index (χ0) is 19.4. The van der Waals surface area contributed by atoms with Crippen LogP contribution in [0.5, 0.6) is 0 Å². The zero-order valence-corrected chi connectivity index (χ0v) is 19.3. The number of anilines is 3. The topological polar surface area (TPSA) is 117 Å². The number of benzene rings is 2. The molecule has 1 radical (unpaired) electrons. The summed E-state index contributed by atoms with van der Waals surface area (Å²) in [6.45, 7) is 1.91. The molecule has 8 heteroatoms. The monoisotopic (exact) mass is 500 g/mol. The Bertz CT molecular complexity index is 1020. The van der Waals surface area contributed by atoms with Crippen LogP contribution in [0.3, 0.4) is 0 Å². The van der Waals surface area contributed by atoms with E-state index in [1.165, 1.54) is 6.33 Å². The molecule has 0 unspecified atom stereocenters. The molecule has 1 aromatic heterocycles. The van der Waals surface area contributed by atoms with Crippen molar-refractivity contribution in [3.63, 3.8) is 0 Å². The molecule has 0 saturated heterocycles. The van der Waals surface area contributed by atoms with Crippen LogP contribution >= 0.6 is 0 Å². The van der Waals surface area contributed by atoms with Gasteiger partial charge in [0.15, 0.2) is 0 Å². The van der Waals surface area contributed by atoms with E-state index in [1.54, 1.807) is 43.4 Å². The van der Waals surface area contributed by atoms with Crippen LogP contribution < -0.4 is 16.4 Å². The maximum atomic E-state index is 12.6. The Morgan fingerprint density at radius 3 is 2.64 bits per heavy atom. The average molecular weight is 500 g/mol. The van der Waals surface area contributed by atoms with E-state index in [9.17, 15) is 4.79 Å². The molecular formula is C20H19N6OPr-. The minimum atomic E-state index is -0.263. The summed E-state index contributed by atoms with van der Waals surface area (Å²) in [5, 5.41) is 14.3. The van der Waals surface area contributed by atoms with Crippen molar-refractivity contribution in [3.05, 3.63) is 77.1 Å².